The van der Waals surface area contributed by atoms with Crippen LogP contribution in [-0.2, 0) is 9.53 Å². The number of benzene rings is 2. The van der Waals surface area contributed by atoms with Gasteiger partial charge in [0.25, 0.3) is 5.91 Å². The summed E-state index contributed by atoms with van der Waals surface area (Å²) in [7, 11) is 0. The van der Waals surface area contributed by atoms with E-state index in [0.29, 0.717) is 21.4 Å². The Morgan fingerprint density at radius 1 is 1.00 bits per heavy atom. The van der Waals surface area contributed by atoms with Crippen molar-refractivity contribution in [2.24, 2.45) is 0 Å². The third kappa shape index (κ3) is 5.76. The van der Waals surface area contributed by atoms with Crippen LogP contribution in [0, 0.1) is 0 Å². The molecule has 0 aromatic heterocycles. The maximum atomic E-state index is 11.8. The minimum Gasteiger partial charge on any atom is -0.488 e. The van der Waals surface area contributed by atoms with Crippen molar-refractivity contribution in [1.82, 2.24) is 5.32 Å². The number of hydrogen-bond donors (Lipinski definition) is 1. The summed E-state index contributed by atoms with van der Waals surface area (Å²) in [5, 5.41) is 3.37. The number of rotatable bonds is 7. The molecule has 24 heavy (non-hydrogen) atoms. The molecular formula is C17H15Cl2NO4. The molecule has 0 radical (unpaired) electrons. The number of carbonyl (C=O) groups is 2. The lowest BCUT2D eigenvalue weighted by Gasteiger charge is -2.09. The molecule has 2 aromatic carbocycles. The lowest BCUT2D eigenvalue weighted by Crippen LogP contribution is -2.31. The van der Waals surface area contributed by atoms with E-state index in [9.17, 15) is 9.59 Å². The predicted molar refractivity (Wildman–Crippen MR) is 91.7 cm³/mol. The Balaban J connectivity index is 1.65. The van der Waals surface area contributed by atoms with Crippen molar-refractivity contribution in [3.05, 3.63) is 64.1 Å². The third-order valence-corrected chi connectivity index (χ3v) is 3.46. The van der Waals surface area contributed by atoms with Crippen LogP contribution in [0.5, 0.6) is 5.75 Å². The van der Waals surface area contributed by atoms with E-state index in [1.54, 1.807) is 48.5 Å². The number of halogens is 2. The van der Waals surface area contributed by atoms with Gasteiger partial charge in [0.05, 0.1) is 5.02 Å². The Hall–Kier alpha value is -2.24. The first kappa shape index (κ1) is 18.1. The quantitative estimate of drug-likeness (QED) is 0.601. The predicted octanol–water partition coefficient (Wildman–Crippen LogP) is 3.35. The zero-order valence-corrected chi connectivity index (χ0v) is 14.1. The van der Waals surface area contributed by atoms with Crippen LogP contribution in [0.3, 0.4) is 0 Å². The molecule has 0 saturated carbocycles. The van der Waals surface area contributed by atoms with Crippen LogP contribution >= 0.6 is 23.2 Å². The molecule has 0 saturated heterocycles. The minimum absolute atomic E-state index is 0.0407. The molecule has 2 aromatic rings. The molecule has 0 aliphatic rings. The van der Waals surface area contributed by atoms with E-state index in [1.807, 2.05) is 0 Å². The second-order valence-corrected chi connectivity index (χ2v) is 5.54. The van der Waals surface area contributed by atoms with Gasteiger partial charge in [0.1, 0.15) is 25.5 Å². The lowest BCUT2D eigenvalue weighted by atomic mass is 10.2. The molecule has 0 aliphatic carbocycles. The summed E-state index contributed by atoms with van der Waals surface area (Å²) >= 11 is 11.7. The molecular weight excluding hydrogens is 353 g/mol. The van der Waals surface area contributed by atoms with Crippen molar-refractivity contribution < 1.29 is 19.1 Å². The normalized spacial score (nSPS) is 10.1. The Labute approximate surface area is 149 Å². The molecule has 1 amide bonds. The maximum absolute atomic E-state index is 11.8. The average Bonchev–Trinajstić information content (AvgIpc) is 2.59. The average molecular weight is 368 g/mol. The minimum atomic E-state index is -0.551. The van der Waals surface area contributed by atoms with Crippen LogP contribution in [-0.4, -0.2) is 31.6 Å². The molecule has 0 aliphatic heterocycles. The highest BCUT2D eigenvalue weighted by Gasteiger charge is 2.08. The van der Waals surface area contributed by atoms with Crippen LogP contribution in [0.25, 0.3) is 0 Å². The molecule has 0 bridgehead atoms. The van der Waals surface area contributed by atoms with Crippen molar-refractivity contribution in [2.75, 3.05) is 19.8 Å². The highest BCUT2D eigenvalue weighted by molar-refractivity contribution is 6.35. The molecule has 0 atom stereocenters. The second kappa shape index (κ2) is 9.15. The Kier molecular flexibility index (Phi) is 6.90. The van der Waals surface area contributed by atoms with Gasteiger partial charge in [-0.2, -0.15) is 0 Å². The highest BCUT2D eigenvalue weighted by atomic mass is 35.5. The molecule has 126 valence electrons. The molecule has 1 N–H and O–H groups in total. The SMILES string of the molecule is O=C(CNC(=O)c1ccccc1)OCCOc1ccc(Cl)cc1Cl. The van der Waals surface area contributed by atoms with Gasteiger partial charge in [0.2, 0.25) is 0 Å². The molecule has 7 heteroatoms. The van der Waals surface area contributed by atoms with Crippen LogP contribution in [0.1, 0.15) is 10.4 Å². The number of hydrogen-bond acceptors (Lipinski definition) is 4. The van der Waals surface area contributed by atoms with Crippen molar-refractivity contribution in [3.63, 3.8) is 0 Å². The maximum Gasteiger partial charge on any atom is 0.325 e. The first-order valence-corrected chi connectivity index (χ1v) is 7.88. The summed E-state index contributed by atoms with van der Waals surface area (Å²) in [6.07, 6.45) is 0. The third-order valence-electron chi connectivity index (χ3n) is 2.93. The number of ether oxygens (including phenoxy) is 2. The lowest BCUT2D eigenvalue weighted by molar-refractivity contribution is -0.143. The van der Waals surface area contributed by atoms with Gasteiger partial charge in [-0.1, -0.05) is 41.4 Å². The highest BCUT2D eigenvalue weighted by Crippen LogP contribution is 2.27. The second-order valence-electron chi connectivity index (χ2n) is 4.69. The summed E-state index contributed by atoms with van der Waals surface area (Å²) in [6.45, 7) is -0.0336. The van der Waals surface area contributed by atoms with Gasteiger partial charge in [-0.15, -0.1) is 0 Å². The summed E-state index contributed by atoms with van der Waals surface area (Å²) in [5.41, 5.74) is 0.478. The van der Waals surface area contributed by atoms with Gasteiger partial charge >= 0.3 is 5.97 Å². The number of amides is 1. The fourth-order valence-electron chi connectivity index (χ4n) is 1.79. The number of nitrogens with one attached hydrogen (secondary N) is 1. The van der Waals surface area contributed by atoms with E-state index in [2.05, 4.69) is 5.32 Å². The van der Waals surface area contributed by atoms with Gasteiger partial charge in [-0.3, -0.25) is 9.59 Å². The van der Waals surface area contributed by atoms with Crippen molar-refractivity contribution in [1.29, 1.82) is 0 Å². The monoisotopic (exact) mass is 367 g/mol. The summed E-state index contributed by atoms with van der Waals surface area (Å²) < 4.78 is 10.3. The number of carbonyl (C=O) groups excluding carboxylic acids is 2. The van der Waals surface area contributed by atoms with E-state index in [4.69, 9.17) is 32.7 Å². The molecule has 0 heterocycles. The molecule has 0 fully saturated rings. The van der Waals surface area contributed by atoms with E-state index < -0.39 is 5.97 Å². The Morgan fingerprint density at radius 2 is 1.75 bits per heavy atom. The smallest absolute Gasteiger partial charge is 0.325 e. The van der Waals surface area contributed by atoms with Gasteiger partial charge in [0.15, 0.2) is 0 Å². The van der Waals surface area contributed by atoms with Gasteiger partial charge in [0, 0.05) is 10.6 Å². The van der Waals surface area contributed by atoms with Crippen molar-refractivity contribution in [2.45, 2.75) is 0 Å². The van der Waals surface area contributed by atoms with Crippen LogP contribution in [0.15, 0.2) is 48.5 Å². The summed E-state index contributed by atoms with van der Waals surface area (Å²) in [4.78, 5) is 23.3. The zero-order valence-electron chi connectivity index (χ0n) is 12.6. The molecule has 2 rings (SSSR count). The summed E-state index contributed by atoms with van der Waals surface area (Å²) in [6, 6.07) is 13.4. The largest absolute Gasteiger partial charge is 0.488 e. The van der Waals surface area contributed by atoms with E-state index in [1.165, 1.54) is 0 Å². The first-order valence-electron chi connectivity index (χ1n) is 7.13. The molecule has 0 unspecified atom stereocenters. The number of esters is 1. The van der Waals surface area contributed by atoms with E-state index >= 15 is 0 Å². The zero-order chi connectivity index (χ0) is 17.4. The standard InChI is InChI=1S/C17H15Cl2NO4/c18-13-6-7-15(14(19)10-13)23-8-9-24-16(21)11-20-17(22)12-4-2-1-3-5-12/h1-7,10H,8-9,11H2,(H,20,22). The van der Waals surface area contributed by atoms with E-state index in [0.717, 1.165) is 0 Å². The van der Waals surface area contributed by atoms with Crippen LogP contribution < -0.4 is 10.1 Å². The van der Waals surface area contributed by atoms with Gasteiger partial charge < -0.3 is 14.8 Å². The Morgan fingerprint density at radius 3 is 2.46 bits per heavy atom. The topological polar surface area (TPSA) is 64.6 Å². The van der Waals surface area contributed by atoms with Crippen LogP contribution in [0.2, 0.25) is 10.0 Å². The van der Waals surface area contributed by atoms with Crippen LogP contribution in [0.4, 0.5) is 0 Å². The first-order chi connectivity index (χ1) is 11.6. The summed E-state index contributed by atoms with van der Waals surface area (Å²) in [5.74, 6) is -0.434. The fourth-order valence-corrected chi connectivity index (χ4v) is 2.26. The molecule has 5 nitrogen and oxygen atoms in total. The van der Waals surface area contributed by atoms with Crippen molar-refractivity contribution >= 4 is 35.1 Å². The molecule has 0 spiro atoms. The Bertz CT molecular complexity index is 707. The van der Waals surface area contributed by atoms with Gasteiger partial charge in [-0.25, -0.2) is 0 Å². The van der Waals surface area contributed by atoms with E-state index in [-0.39, 0.29) is 25.7 Å². The van der Waals surface area contributed by atoms with Crippen molar-refractivity contribution in [3.8, 4) is 5.75 Å². The van der Waals surface area contributed by atoms with Gasteiger partial charge in [-0.05, 0) is 30.3 Å². The fraction of sp³-hybridized carbons (Fsp3) is 0.176.